The Balaban J connectivity index is 1.69. The molecule has 2 heterocycles. The van der Waals surface area contributed by atoms with Crippen LogP contribution in [0.3, 0.4) is 0 Å². The van der Waals surface area contributed by atoms with Gasteiger partial charge in [0.25, 0.3) is 11.7 Å². The molecule has 32 heavy (non-hydrogen) atoms. The Morgan fingerprint density at radius 1 is 0.969 bits per heavy atom. The van der Waals surface area contributed by atoms with Crippen LogP contribution in [0.4, 0.5) is 0 Å². The van der Waals surface area contributed by atoms with Gasteiger partial charge < -0.3 is 14.5 Å². The van der Waals surface area contributed by atoms with E-state index in [4.69, 9.17) is 39.5 Å². The van der Waals surface area contributed by atoms with E-state index in [0.29, 0.717) is 37.5 Å². The van der Waals surface area contributed by atoms with Gasteiger partial charge in [-0.2, -0.15) is 0 Å². The van der Waals surface area contributed by atoms with Crippen LogP contribution in [0.5, 0.6) is 5.75 Å². The molecule has 1 N–H and O–H groups in total. The second-order valence-corrected chi connectivity index (χ2v) is 8.25. The van der Waals surface area contributed by atoms with Crippen LogP contribution in [0.2, 0.25) is 15.1 Å². The van der Waals surface area contributed by atoms with E-state index in [9.17, 15) is 9.59 Å². The number of ether oxygens (including phenoxy) is 1. The SMILES string of the molecule is COc1ccc(-c2cc3ccccn3c2C(=O)C(=O)NCc2ccc(Cl)cc2Cl)cc1Cl. The molecule has 0 atom stereocenters. The number of Topliss-reactive ketones (excluding diaryl/α,β-unsaturated/α-hetero) is 1. The zero-order valence-electron chi connectivity index (χ0n) is 16.9. The number of benzene rings is 2. The molecule has 4 aromatic rings. The predicted molar refractivity (Wildman–Crippen MR) is 127 cm³/mol. The highest BCUT2D eigenvalue weighted by atomic mass is 35.5. The lowest BCUT2D eigenvalue weighted by molar-refractivity contribution is -0.117. The first-order valence-electron chi connectivity index (χ1n) is 9.59. The Labute approximate surface area is 199 Å². The predicted octanol–water partition coefficient (Wildman–Crippen LogP) is 6.07. The third kappa shape index (κ3) is 4.32. The molecule has 0 saturated carbocycles. The fourth-order valence-corrected chi connectivity index (χ4v) is 4.17. The van der Waals surface area contributed by atoms with Crippen molar-refractivity contribution >= 4 is 52.0 Å². The summed E-state index contributed by atoms with van der Waals surface area (Å²) in [6.45, 7) is 0.0909. The molecule has 2 aromatic heterocycles. The second kappa shape index (κ2) is 9.25. The van der Waals surface area contributed by atoms with Crippen LogP contribution in [0.1, 0.15) is 16.1 Å². The van der Waals surface area contributed by atoms with Gasteiger partial charge in [0, 0.05) is 33.9 Å². The lowest BCUT2D eigenvalue weighted by atomic mass is 10.0. The zero-order chi connectivity index (χ0) is 22.8. The molecule has 162 valence electrons. The Kier molecular flexibility index (Phi) is 6.42. The summed E-state index contributed by atoms with van der Waals surface area (Å²) in [5.74, 6) is -0.909. The van der Waals surface area contributed by atoms with Crippen molar-refractivity contribution < 1.29 is 14.3 Å². The van der Waals surface area contributed by atoms with Crippen LogP contribution in [-0.2, 0) is 11.3 Å². The Hall–Kier alpha value is -2.99. The number of rotatable bonds is 6. The van der Waals surface area contributed by atoms with Gasteiger partial charge in [-0.3, -0.25) is 9.59 Å². The van der Waals surface area contributed by atoms with Crippen LogP contribution in [0.15, 0.2) is 66.9 Å². The maximum Gasteiger partial charge on any atom is 0.294 e. The lowest BCUT2D eigenvalue weighted by Crippen LogP contribution is -2.31. The molecule has 5 nitrogen and oxygen atoms in total. The second-order valence-electron chi connectivity index (χ2n) is 7.00. The number of pyridine rings is 1. The topological polar surface area (TPSA) is 59.8 Å². The number of hydrogen-bond donors (Lipinski definition) is 1. The van der Waals surface area contributed by atoms with E-state index in [1.54, 1.807) is 53.1 Å². The van der Waals surface area contributed by atoms with Crippen molar-refractivity contribution in [2.45, 2.75) is 6.54 Å². The summed E-state index contributed by atoms with van der Waals surface area (Å²) >= 11 is 18.4. The number of aromatic nitrogens is 1. The molecule has 8 heteroatoms. The van der Waals surface area contributed by atoms with Crippen molar-refractivity contribution in [2.75, 3.05) is 7.11 Å². The standard InChI is InChI=1S/C24H17Cl3N2O3/c1-32-21-8-6-14(10-20(21)27)18-12-17-4-2-3-9-29(17)22(18)23(30)24(31)28-13-15-5-7-16(25)11-19(15)26/h2-12H,13H2,1H3,(H,28,31). The average molecular weight is 488 g/mol. The van der Waals surface area contributed by atoms with E-state index in [-0.39, 0.29) is 12.2 Å². The number of carbonyl (C=O) groups is 2. The lowest BCUT2D eigenvalue weighted by Gasteiger charge is -2.10. The van der Waals surface area contributed by atoms with E-state index in [2.05, 4.69) is 5.32 Å². The highest BCUT2D eigenvalue weighted by Crippen LogP contribution is 2.34. The Bertz CT molecular complexity index is 1350. The minimum Gasteiger partial charge on any atom is -0.495 e. The fraction of sp³-hybridized carbons (Fsp3) is 0.0833. The van der Waals surface area contributed by atoms with Gasteiger partial charge in [0.15, 0.2) is 0 Å². The van der Waals surface area contributed by atoms with Crippen molar-refractivity contribution in [1.82, 2.24) is 9.72 Å². The molecule has 0 unspecified atom stereocenters. The van der Waals surface area contributed by atoms with Crippen molar-refractivity contribution in [3.05, 3.63) is 93.2 Å². The molecule has 0 saturated heterocycles. The van der Waals surface area contributed by atoms with E-state index in [1.165, 1.54) is 7.11 Å². The number of fused-ring (bicyclic) bond motifs is 1. The number of carbonyl (C=O) groups excluding carboxylic acids is 2. The normalized spacial score (nSPS) is 10.9. The van der Waals surface area contributed by atoms with Gasteiger partial charge in [-0.15, -0.1) is 0 Å². The van der Waals surface area contributed by atoms with Gasteiger partial charge in [-0.25, -0.2) is 0 Å². The van der Waals surface area contributed by atoms with E-state index in [0.717, 1.165) is 5.52 Å². The molecule has 4 rings (SSSR count). The molecule has 0 fully saturated rings. The first-order chi connectivity index (χ1) is 15.4. The molecular formula is C24H17Cl3N2O3. The van der Waals surface area contributed by atoms with Crippen LogP contribution in [0.25, 0.3) is 16.6 Å². The van der Waals surface area contributed by atoms with Gasteiger partial charge in [0.2, 0.25) is 0 Å². The molecule has 0 radical (unpaired) electrons. The number of halogens is 3. The number of nitrogens with zero attached hydrogens (tertiary/aromatic N) is 1. The van der Waals surface area contributed by atoms with Crippen LogP contribution >= 0.6 is 34.8 Å². The van der Waals surface area contributed by atoms with Crippen LogP contribution in [-0.4, -0.2) is 23.2 Å². The number of amides is 1. The maximum absolute atomic E-state index is 13.2. The molecule has 0 aliphatic rings. The molecule has 0 spiro atoms. The third-order valence-corrected chi connectivity index (χ3v) is 5.90. The summed E-state index contributed by atoms with van der Waals surface area (Å²) in [6, 6.07) is 17.5. The minimum atomic E-state index is -0.749. The first-order valence-corrected chi connectivity index (χ1v) is 10.7. The molecule has 0 aliphatic carbocycles. The Morgan fingerprint density at radius 2 is 1.78 bits per heavy atom. The van der Waals surface area contributed by atoms with E-state index in [1.807, 2.05) is 18.2 Å². The van der Waals surface area contributed by atoms with Gasteiger partial charge >= 0.3 is 0 Å². The fourth-order valence-electron chi connectivity index (χ4n) is 3.44. The minimum absolute atomic E-state index is 0.0909. The smallest absolute Gasteiger partial charge is 0.294 e. The number of ketones is 1. The summed E-state index contributed by atoms with van der Waals surface area (Å²) < 4.78 is 6.90. The van der Waals surface area contributed by atoms with E-state index < -0.39 is 11.7 Å². The summed E-state index contributed by atoms with van der Waals surface area (Å²) in [5, 5.41) is 3.95. The first kappa shape index (κ1) is 22.2. The van der Waals surface area contributed by atoms with Crippen LogP contribution in [0, 0.1) is 0 Å². The van der Waals surface area contributed by atoms with Gasteiger partial charge in [-0.05, 0) is 53.6 Å². The average Bonchev–Trinajstić information content (AvgIpc) is 3.17. The Morgan fingerprint density at radius 3 is 2.50 bits per heavy atom. The summed E-state index contributed by atoms with van der Waals surface area (Å²) in [5.41, 5.74) is 2.94. The number of methoxy groups -OCH3 is 1. The van der Waals surface area contributed by atoms with Gasteiger partial charge in [0.05, 0.1) is 12.1 Å². The van der Waals surface area contributed by atoms with Gasteiger partial charge in [-0.1, -0.05) is 53.0 Å². The largest absolute Gasteiger partial charge is 0.495 e. The summed E-state index contributed by atoms with van der Waals surface area (Å²) in [6.07, 6.45) is 1.74. The highest BCUT2D eigenvalue weighted by molar-refractivity contribution is 6.44. The van der Waals surface area contributed by atoms with Crippen molar-refractivity contribution in [3.8, 4) is 16.9 Å². The molecule has 0 bridgehead atoms. The van der Waals surface area contributed by atoms with Crippen molar-refractivity contribution in [2.24, 2.45) is 0 Å². The molecule has 0 aliphatic heterocycles. The number of nitrogens with one attached hydrogen (secondary N) is 1. The molecular weight excluding hydrogens is 471 g/mol. The monoisotopic (exact) mass is 486 g/mol. The van der Waals surface area contributed by atoms with E-state index >= 15 is 0 Å². The molecule has 1 amide bonds. The maximum atomic E-state index is 13.2. The summed E-state index contributed by atoms with van der Waals surface area (Å²) in [4.78, 5) is 26.0. The zero-order valence-corrected chi connectivity index (χ0v) is 19.1. The van der Waals surface area contributed by atoms with Gasteiger partial charge in [0.1, 0.15) is 11.4 Å². The summed E-state index contributed by atoms with van der Waals surface area (Å²) in [7, 11) is 1.53. The quantitative estimate of drug-likeness (QED) is 0.265. The molecule has 2 aromatic carbocycles. The number of hydrogen-bond acceptors (Lipinski definition) is 3. The van der Waals surface area contributed by atoms with Crippen molar-refractivity contribution in [3.63, 3.8) is 0 Å². The highest BCUT2D eigenvalue weighted by Gasteiger charge is 2.25. The van der Waals surface area contributed by atoms with Crippen molar-refractivity contribution in [1.29, 1.82) is 0 Å². The van der Waals surface area contributed by atoms with Crippen LogP contribution < -0.4 is 10.1 Å². The third-order valence-electron chi connectivity index (χ3n) is 5.02.